The number of nitrogens with one attached hydrogen (secondary N) is 2. The summed E-state index contributed by atoms with van der Waals surface area (Å²) in [6, 6.07) is 13.4. The molecule has 2 aromatic rings. The minimum absolute atomic E-state index is 0.0311. The van der Waals surface area contributed by atoms with Gasteiger partial charge < -0.3 is 15.4 Å². The minimum Gasteiger partial charge on any atom is -0.482 e. The van der Waals surface area contributed by atoms with Gasteiger partial charge in [0.2, 0.25) is 5.91 Å². The van der Waals surface area contributed by atoms with Crippen LogP contribution in [0.2, 0.25) is 0 Å². The van der Waals surface area contributed by atoms with Gasteiger partial charge in [0.15, 0.2) is 6.61 Å². The summed E-state index contributed by atoms with van der Waals surface area (Å²) in [4.78, 5) is 23.4. The van der Waals surface area contributed by atoms with E-state index >= 15 is 0 Å². The molecule has 0 aromatic heterocycles. The molecule has 2 N–H and O–H groups in total. The lowest BCUT2D eigenvalue weighted by atomic mass is 10.1. The van der Waals surface area contributed by atoms with Crippen molar-refractivity contribution in [3.8, 4) is 5.75 Å². The zero-order chi connectivity index (χ0) is 16.2. The third-order valence-electron chi connectivity index (χ3n) is 3.61. The molecule has 1 aliphatic rings. The maximum Gasteiger partial charge on any atom is 0.262 e. The van der Waals surface area contributed by atoms with E-state index in [1.807, 2.05) is 37.3 Å². The summed E-state index contributed by atoms with van der Waals surface area (Å²) in [6.45, 7) is 2.56. The Labute approximate surface area is 134 Å². The van der Waals surface area contributed by atoms with Crippen molar-refractivity contribution in [3.05, 3.63) is 59.2 Å². The van der Waals surface area contributed by atoms with Gasteiger partial charge in [-0.15, -0.1) is 0 Å². The Hall–Kier alpha value is -2.82. The number of rotatable bonds is 4. The molecule has 0 saturated heterocycles. The highest BCUT2D eigenvalue weighted by atomic mass is 16.5. The molecule has 2 amide bonds. The lowest BCUT2D eigenvalue weighted by Gasteiger charge is -2.18. The van der Waals surface area contributed by atoms with Gasteiger partial charge in [0.1, 0.15) is 5.75 Å². The molecule has 5 nitrogen and oxygen atoms in total. The Balaban J connectivity index is 1.59. The quantitative estimate of drug-likeness (QED) is 0.909. The molecule has 0 unspecified atom stereocenters. The summed E-state index contributed by atoms with van der Waals surface area (Å²) in [7, 11) is 0. The molecule has 3 rings (SSSR count). The fourth-order valence-corrected chi connectivity index (χ4v) is 2.51. The lowest BCUT2D eigenvalue weighted by Crippen LogP contribution is -2.26. The number of hydrogen-bond acceptors (Lipinski definition) is 3. The third kappa shape index (κ3) is 3.88. The lowest BCUT2D eigenvalue weighted by molar-refractivity contribution is -0.120. The first kappa shape index (κ1) is 15.1. The number of ether oxygens (including phenoxy) is 1. The van der Waals surface area contributed by atoms with Crippen molar-refractivity contribution in [1.29, 1.82) is 0 Å². The number of hydrogen-bond donors (Lipinski definition) is 2. The number of carbonyl (C=O) groups excluding carboxylic acids is 2. The van der Waals surface area contributed by atoms with Gasteiger partial charge in [-0.25, -0.2) is 0 Å². The Bertz CT molecular complexity index is 756. The van der Waals surface area contributed by atoms with E-state index in [-0.39, 0.29) is 24.8 Å². The van der Waals surface area contributed by atoms with Crippen LogP contribution < -0.4 is 15.4 Å². The first-order valence-corrected chi connectivity index (χ1v) is 7.48. The van der Waals surface area contributed by atoms with Gasteiger partial charge in [-0.1, -0.05) is 35.9 Å². The van der Waals surface area contributed by atoms with Crippen LogP contribution in [0.5, 0.6) is 5.75 Å². The second kappa shape index (κ2) is 6.52. The second-order valence-corrected chi connectivity index (χ2v) is 5.61. The maximum atomic E-state index is 12.1. The smallest absolute Gasteiger partial charge is 0.262 e. The van der Waals surface area contributed by atoms with Crippen molar-refractivity contribution in [2.24, 2.45) is 0 Å². The minimum atomic E-state index is -0.182. The largest absolute Gasteiger partial charge is 0.482 e. The summed E-state index contributed by atoms with van der Waals surface area (Å²) in [5.41, 5.74) is 3.69. The predicted molar refractivity (Wildman–Crippen MR) is 87.3 cm³/mol. The summed E-state index contributed by atoms with van der Waals surface area (Å²) < 4.78 is 5.30. The summed E-state index contributed by atoms with van der Waals surface area (Å²) >= 11 is 0. The number of carbonyl (C=O) groups is 2. The van der Waals surface area contributed by atoms with Gasteiger partial charge in [0, 0.05) is 6.54 Å². The van der Waals surface area contributed by atoms with Crippen molar-refractivity contribution in [2.45, 2.75) is 19.9 Å². The van der Waals surface area contributed by atoms with Crippen molar-refractivity contribution in [3.63, 3.8) is 0 Å². The van der Waals surface area contributed by atoms with Gasteiger partial charge in [0.25, 0.3) is 5.91 Å². The standard InChI is InChI=1S/C18H18N2O3/c1-12-3-2-4-14(7-12)10-19-17(21)9-13-5-6-16-15(8-13)20-18(22)11-23-16/h2-8H,9-11H2,1H3,(H,19,21)(H,20,22). The molecular weight excluding hydrogens is 292 g/mol. The van der Waals surface area contributed by atoms with E-state index < -0.39 is 0 Å². The fraction of sp³-hybridized carbons (Fsp3) is 0.222. The molecule has 1 heterocycles. The van der Waals surface area contributed by atoms with E-state index in [9.17, 15) is 9.59 Å². The van der Waals surface area contributed by atoms with Crippen LogP contribution in [0.15, 0.2) is 42.5 Å². The first-order chi connectivity index (χ1) is 11.1. The monoisotopic (exact) mass is 310 g/mol. The number of benzene rings is 2. The summed E-state index contributed by atoms with van der Waals surface area (Å²) in [5, 5.41) is 5.65. The highest BCUT2D eigenvalue weighted by Gasteiger charge is 2.16. The van der Waals surface area contributed by atoms with E-state index in [2.05, 4.69) is 10.6 Å². The Kier molecular flexibility index (Phi) is 4.28. The van der Waals surface area contributed by atoms with Crippen molar-refractivity contribution in [1.82, 2.24) is 5.32 Å². The fourth-order valence-electron chi connectivity index (χ4n) is 2.51. The average molecular weight is 310 g/mol. The van der Waals surface area contributed by atoms with Crippen molar-refractivity contribution >= 4 is 17.5 Å². The topological polar surface area (TPSA) is 67.4 Å². The molecule has 118 valence electrons. The SMILES string of the molecule is Cc1cccc(CNC(=O)Cc2ccc3c(c2)NC(=O)CO3)c1. The first-order valence-electron chi connectivity index (χ1n) is 7.48. The zero-order valence-corrected chi connectivity index (χ0v) is 12.9. The van der Waals surface area contributed by atoms with Gasteiger partial charge in [-0.2, -0.15) is 0 Å². The third-order valence-corrected chi connectivity index (χ3v) is 3.61. The van der Waals surface area contributed by atoms with E-state index in [0.29, 0.717) is 18.0 Å². The number of amides is 2. The Morgan fingerprint density at radius 1 is 1.22 bits per heavy atom. The van der Waals surface area contributed by atoms with E-state index in [1.54, 1.807) is 12.1 Å². The van der Waals surface area contributed by atoms with Crippen LogP contribution in [0.3, 0.4) is 0 Å². The molecule has 23 heavy (non-hydrogen) atoms. The molecule has 0 atom stereocenters. The van der Waals surface area contributed by atoms with E-state index in [1.165, 1.54) is 5.56 Å². The molecule has 1 aliphatic heterocycles. The molecule has 5 heteroatoms. The molecule has 0 radical (unpaired) electrons. The zero-order valence-electron chi connectivity index (χ0n) is 12.9. The summed E-state index contributed by atoms with van der Waals surface area (Å²) in [6.07, 6.45) is 0.259. The van der Waals surface area contributed by atoms with Gasteiger partial charge in [-0.05, 0) is 30.2 Å². The van der Waals surface area contributed by atoms with Gasteiger partial charge >= 0.3 is 0 Å². The van der Waals surface area contributed by atoms with Crippen molar-refractivity contribution < 1.29 is 14.3 Å². The summed E-state index contributed by atoms with van der Waals surface area (Å²) in [5.74, 6) is 0.390. The molecule has 0 saturated carbocycles. The molecule has 0 fully saturated rings. The highest BCUT2D eigenvalue weighted by Crippen LogP contribution is 2.28. The normalized spacial score (nSPS) is 12.8. The van der Waals surface area contributed by atoms with Crippen molar-refractivity contribution in [2.75, 3.05) is 11.9 Å². The highest BCUT2D eigenvalue weighted by molar-refractivity contribution is 5.95. The number of aryl methyl sites for hydroxylation is 1. The van der Waals surface area contributed by atoms with Crippen LogP contribution in [0, 0.1) is 6.92 Å². The van der Waals surface area contributed by atoms with Crippen LogP contribution in [0.4, 0.5) is 5.69 Å². The van der Waals surface area contributed by atoms with Crippen LogP contribution in [-0.4, -0.2) is 18.4 Å². The van der Waals surface area contributed by atoms with Crippen LogP contribution in [-0.2, 0) is 22.6 Å². The molecule has 0 spiro atoms. The maximum absolute atomic E-state index is 12.1. The Morgan fingerprint density at radius 3 is 2.91 bits per heavy atom. The van der Waals surface area contributed by atoms with Gasteiger partial charge in [-0.3, -0.25) is 9.59 Å². The van der Waals surface area contributed by atoms with E-state index in [4.69, 9.17) is 4.74 Å². The van der Waals surface area contributed by atoms with E-state index in [0.717, 1.165) is 11.1 Å². The molecule has 0 bridgehead atoms. The molecule has 0 aliphatic carbocycles. The number of fused-ring (bicyclic) bond motifs is 1. The van der Waals surface area contributed by atoms with Crippen LogP contribution in [0.1, 0.15) is 16.7 Å². The van der Waals surface area contributed by atoms with Crippen LogP contribution >= 0.6 is 0 Å². The van der Waals surface area contributed by atoms with Gasteiger partial charge in [0.05, 0.1) is 12.1 Å². The van der Waals surface area contributed by atoms with Crippen LogP contribution in [0.25, 0.3) is 0 Å². The second-order valence-electron chi connectivity index (χ2n) is 5.61. The molecule has 2 aromatic carbocycles. The predicted octanol–water partition coefficient (Wildman–Crippen LogP) is 2.18. The average Bonchev–Trinajstić information content (AvgIpc) is 2.53. The Morgan fingerprint density at radius 2 is 2.09 bits per heavy atom. The molecular formula is C18H18N2O3. The number of anilines is 1.